The lowest BCUT2D eigenvalue weighted by Gasteiger charge is -2.36. The highest BCUT2D eigenvalue weighted by atomic mass is 35.5. The molecule has 7 nitrogen and oxygen atoms in total. The molecule has 1 aliphatic rings. The topological polar surface area (TPSA) is 70.6 Å². The third-order valence-electron chi connectivity index (χ3n) is 5.12. The number of halogens is 5. The minimum Gasteiger partial charge on any atom is -0.482 e. The standard InChI is InChI=1S/C20H24F4N4O3.ClH/c1-14-12-25-19(30)28(18(14)29)6-2-5-26-7-9-27(10-8-26)16-4-3-15(21)11-17(16)31-13-20(22,23)24;/h3-4,11-12H,2,5-10,13H2,1H3,(H,25,30);1H. The molecule has 1 aliphatic heterocycles. The van der Waals surface area contributed by atoms with E-state index in [-0.39, 0.29) is 23.7 Å². The number of alkyl halides is 3. The summed E-state index contributed by atoms with van der Waals surface area (Å²) in [5, 5.41) is 0. The normalized spacial score (nSPS) is 14.8. The van der Waals surface area contributed by atoms with E-state index < -0.39 is 24.3 Å². The Morgan fingerprint density at radius 3 is 2.44 bits per heavy atom. The van der Waals surface area contributed by atoms with E-state index >= 15 is 0 Å². The van der Waals surface area contributed by atoms with Crippen LogP contribution in [0.1, 0.15) is 12.0 Å². The lowest BCUT2D eigenvalue weighted by molar-refractivity contribution is -0.153. The number of hydrogen-bond donors (Lipinski definition) is 1. The molecule has 1 N–H and O–H groups in total. The summed E-state index contributed by atoms with van der Waals surface area (Å²) in [6, 6.07) is 3.58. The van der Waals surface area contributed by atoms with Gasteiger partial charge in [-0.25, -0.2) is 9.18 Å². The zero-order chi connectivity index (χ0) is 22.6. The minimum absolute atomic E-state index is 0. The van der Waals surface area contributed by atoms with E-state index in [4.69, 9.17) is 4.74 Å². The molecule has 1 aromatic heterocycles. The van der Waals surface area contributed by atoms with Crippen LogP contribution in [0.5, 0.6) is 5.75 Å². The second-order valence-corrected chi connectivity index (χ2v) is 7.43. The maximum atomic E-state index is 13.5. The number of nitrogens with one attached hydrogen (secondary N) is 1. The van der Waals surface area contributed by atoms with Gasteiger partial charge in [-0.1, -0.05) is 0 Å². The van der Waals surface area contributed by atoms with Crippen molar-refractivity contribution in [3.63, 3.8) is 0 Å². The van der Waals surface area contributed by atoms with Gasteiger partial charge >= 0.3 is 11.9 Å². The summed E-state index contributed by atoms with van der Waals surface area (Å²) in [5.41, 5.74) is 0.138. The van der Waals surface area contributed by atoms with Gasteiger partial charge in [0.2, 0.25) is 0 Å². The van der Waals surface area contributed by atoms with Crippen LogP contribution in [0.15, 0.2) is 34.0 Å². The van der Waals surface area contributed by atoms with E-state index in [1.165, 1.54) is 22.9 Å². The van der Waals surface area contributed by atoms with Crippen molar-refractivity contribution >= 4 is 18.1 Å². The smallest absolute Gasteiger partial charge is 0.422 e. The van der Waals surface area contributed by atoms with Gasteiger partial charge in [0, 0.05) is 50.6 Å². The monoisotopic (exact) mass is 480 g/mol. The Bertz CT molecular complexity index is 1020. The number of rotatable bonds is 7. The van der Waals surface area contributed by atoms with Crippen molar-refractivity contribution in [1.82, 2.24) is 14.5 Å². The molecule has 0 saturated carbocycles. The third kappa shape index (κ3) is 6.73. The Hall–Kier alpha value is -2.53. The van der Waals surface area contributed by atoms with Gasteiger partial charge in [0.1, 0.15) is 11.6 Å². The number of aromatic nitrogens is 2. The van der Waals surface area contributed by atoms with Gasteiger partial charge in [0.25, 0.3) is 5.56 Å². The first kappa shape index (κ1) is 25.7. The van der Waals surface area contributed by atoms with Crippen LogP contribution in [0.25, 0.3) is 0 Å². The molecule has 32 heavy (non-hydrogen) atoms. The van der Waals surface area contributed by atoms with Gasteiger partial charge in [0.05, 0.1) is 5.69 Å². The number of piperazine rings is 1. The van der Waals surface area contributed by atoms with Gasteiger partial charge in [-0.05, 0) is 32.0 Å². The summed E-state index contributed by atoms with van der Waals surface area (Å²) >= 11 is 0. The highest BCUT2D eigenvalue weighted by Crippen LogP contribution is 2.31. The molecule has 0 radical (unpaired) electrons. The van der Waals surface area contributed by atoms with Gasteiger partial charge in [-0.2, -0.15) is 13.2 Å². The van der Waals surface area contributed by atoms with E-state index in [0.29, 0.717) is 56.9 Å². The van der Waals surface area contributed by atoms with Crippen LogP contribution in [0.2, 0.25) is 0 Å². The van der Waals surface area contributed by atoms with Crippen molar-refractivity contribution in [2.75, 3.05) is 44.2 Å². The fourth-order valence-electron chi connectivity index (χ4n) is 3.51. The first-order valence-corrected chi connectivity index (χ1v) is 9.89. The molecule has 0 unspecified atom stereocenters. The number of H-pyrrole nitrogens is 1. The van der Waals surface area contributed by atoms with Gasteiger partial charge < -0.3 is 14.6 Å². The molecule has 1 saturated heterocycles. The molecule has 0 atom stereocenters. The van der Waals surface area contributed by atoms with Crippen molar-refractivity contribution in [2.24, 2.45) is 0 Å². The van der Waals surface area contributed by atoms with Crippen LogP contribution in [-0.2, 0) is 6.54 Å². The van der Waals surface area contributed by atoms with Crippen LogP contribution in [0, 0.1) is 12.7 Å². The third-order valence-corrected chi connectivity index (χ3v) is 5.12. The fourth-order valence-corrected chi connectivity index (χ4v) is 3.51. The lowest BCUT2D eigenvalue weighted by atomic mass is 10.2. The predicted molar refractivity (Wildman–Crippen MR) is 115 cm³/mol. The number of nitrogens with zero attached hydrogens (tertiary/aromatic N) is 3. The Balaban J connectivity index is 0.00000363. The second-order valence-electron chi connectivity index (χ2n) is 7.43. The van der Waals surface area contributed by atoms with Crippen LogP contribution in [0.3, 0.4) is 0 Å². The largest absolute Gasteiger partial charge is 0.482 e. The van der Waals surface area contributed by atoms with E-state index in [1.807, 2.05) is 4.90 Å². The van der Waals surface area contributed by atoms with Crippen LogP contribution >= 0.6 is 12.4 Å². The molecule has 1 fully saturated rings. The lowest BCUT2D eigenvalue weighted by Crippen LogP contribution is -2.47. The summed E-state index contributed by atoms with van der Waals surface area (Å²) in [6.45, 7) is 3.43. The summed E-state index contributed by atoms with van der Waals surface area (Å²) in [5.74, 6) is -0.801. The number of ether oxygens (including phenoxy) is 1. The quantitative estimate of drug-likeness (QED) is 0.617. The highest BCUT2D eigenvalue weighted by molar-refractivity contribution is 5.85. The molecule has 3 rings (SSSR count). The average Bonchev–Trinajstić information content (AvgIpc) is 2.72. The predicted octanol–water partition coefficient (Wildman–Crippen LogP) is 2.56. The second kappa shape index (κ2) is 10.9. The van der Waals surface area contributed by atoms with Crippen molar-refractivity contribution in [3.8, 4) is 5.75 Å². The molecule has 0 amide bonds. The Kier molecular flexibility index (Phi) is 8.73. The molecular formula is C20H25ClF4N4O3. The zero-order valence-electron chi connectivity index (χ0n) is 17.5. The number of aryl methyl sites for hydroxylation is 1. The zero-order valence-corrected chi connectivity index (χ0v) is 18.3. The molecule has 0 aliphatic carbocycles. The van der Waals surface area contributed by atoms with Gasteiger partial charge in [-0.15, -0.1) is 12.4 Å². The van der Waals surface area contributed by atoms with Crippen LogP contribution in [-0.4, -0.2) is 60.0 Å². The van der Waals surface area contributed by atoms with Crippen molar-refractivity contribution in [3.05, 3.63) is 56.6 Å². The Labute approximate surface area is 188 Å². The maximum absolute atomic E-state index is 13.5. The van der Waals surface area contributed by atoms with Gasteiger partial charge in [-0.3, -0.25) is 14.3 Å². The first-order valence-electron chi connectivity index (χ1n) is 9.89. The van der Waals surface area contributed by atoms with Crippen molar-refractivity contribution in [1.29, 1.82) is 0 Å². The van der Waals surface area contributed by atoms with Crippen LogP contribution in [0.4, 0.5) is 23.2 Å². The number of aromatic amines is 1. The first-order chi connectivity index (χ1) is 14.6. The molecular weight excluding hydrogens is 456 g/mol. The Morgan fingerprint density at radius 2 is 1.78 bits per heavy atom. The summed E-state index contributed by atoms with van der Waals surface area (Å²) in [6.07, 6.45) is -2.52. The number of benzene rings is 1. The van der Waals surface area contributed by atoms with E-state index in [0.717, 1.165) is 6.07 Å². The summed E-state index contributed by atoms with van der Waals surface area (Å²) < 4.78 is 57.0. The molecule has 0 bridgehead atoms. The molecule has 0 spiro atoms. The maximum Gasteiger partial charge on any atom is 0.422 e. The summed E-state index contributed by atoms with van der Waals surface area (Å²) in [7, 11) is 0. The van der Waals surface area contributed by atoms with Crippen LogP contribution < -0.4 is 20.9 Å². The molecule has 178 valence electrons. The SMILES string of the molecule is Cc1c[nH]c(=O)n(CCCN2CCN(c3ccc(F)cc3OCC(F)(F)F)CC2)c1=O.Cl. The van der Waals surface area contributed by atoms with E-state index in [2.05, 4.69) is 9.88 Å². The van der Waals surface area contributed by atoms with E-state index in [9.17, 15) is 27.2 Å². The molecule has 2 aromatic rings. The minimum atomic E-state index is -4.51. The van der Waals surface area contributed by atoms with Gasteiger partial charge in [0.15, 0.2) is 6.61 Å². The molecule has 12 heteroatoms. The van der Waals surface area contributed by atoms with E-state index in [1.54, 1.807) is 6.92 Å². The Morgan fingerprint density at radius 1 is 1.09 bits per heavy atom. The summed E-state index contributed by atoms with van der Waals surface area (Å²) in [4.78, 5) is 30.4. The highest BCUT2D eigenvalue weighted by Gasteiger charge is 2.29. The van der Waals surface area contributed by atoms with Crippen molar-refractivity contribution < 1.29 is 22.3 Å². The molecule has 1 aromatic carbocycles. The fraction of sp³-hybridized carbons (Fsp3) is 0.500. The number of anilines is 1. The number of hydrogen-bond acceptors (Lipinski definition) is 5. The molecule has 2 heterocycles. The average molecular weight is 481 g/mol. The van der Waals surface area contributed by atoms with Crippen molar-refractivity contribution in [2.45, 2.75) is 26.1 Å².